The van der Waals surface area contributed by atoms with E-state index < -0.39 is 0 Å². The number of carbonyl (C=O) groups excluding carboxylic acids is 1. The Morgan fingerprint density at radius 1 is 0.947 bits per heavy atom. The van der Waals surface area contributed by atoms with Crippen LogP contribution in [0.2, 0.25) is 0 Å². The highest BCUT2D eigenvalue weighted by molar-refractivity contribution is 6.45. The van der Waals surface area contributed by atoms with Gasteiger partial charge >= 0.3 is 0 Å². The zero-order chi connectivity index (χ0) is 13.5. The van der Waals surface area contributed by atoms with Gasteiger partial charge in [0, 0.05) is 5.56 Å². The van der Waals surface area contributed by atoms with Gasteiger partial charge in [-0.3, -0.25) is 9.79 Å². The van der Waals surface area contributed by atoms with Gasteiger partial charge in [0.1, 0.15) is 0 Å². The van der Waals surface area contributed by atoms with Crippen molar-refractivity contribution in [3.8, 4) is 0 Å². The number of ketones is 1. The molecule has 2 aromatic rings. The SMILES string of the molecule is CCC(=NCc1ccccc1)C(=O)c1ccccc1. The molecule has 0 aromatic heterocycles. The van der Waals surface area contributed by atoms with Gasteiger partial charge in [0.15, 0.2) is 0 Å². The van der Waals surface area contributed by atoms with Gasteiger partial charge in [0.25, 0.3) is 0 Å². The summed E-state index contributed by atoms with van der Waals surface area (Å²) in [5, 5.41) is 0. The minimum absolute atomic E-state index is 0.0269. The van der Waals surface area contributed by atoms with Crippen molar-refractivity contribution < 1.29 is 4.79 Å². The van der Waals surface area contributed by atoms with Gasteiger partial charge in [-0.25, -0.2) is 0 Å². The summed E-state index contributed by atoms with van der Waals surface area (Å²) in [6.45, 7) is 2.52. The van der Waals surface area contributed by atoms with Crippen LogP contribution in [0.25, 0.3) is 0 Å². The van der Waals surface area contributed by atoms with Gasteiger partial charge in [0.2, 0.25) is 5.78 Å². The lowest BCUT2D eigenvalue weighted by atomic mass is 10.1. The Bertz CT molecular complexity index is 558. The molecule has 0 saturated heterocycles. The van der Waals surface area contributed by atoms with E-state index in [2.05, 4.69) is 4.99 Å². The van der Waals surface area contributed by atoms with Crippen LogP contribution in [0.1, 0.15) is 29.3 Å². The third-order valence-electron chi connectivity index (χ3n) is 2.93. The standard InChI is InChI=1S/C17H17NO/c1-2-16(17(19)15-11-7-4-8-12-15)18-13-14-9-5-3-6-10-14/h3-12H,2,13H2,1H3. The Labute approximate surface area is 113 Å². The largest absolute Gasteiger partial charge is 0.287 e. The molecule has 2 nitrogen and oxygen atoms in total. The molecule has 96 valence electrons. The van der Waals surface area contributed by atoms with Gasteiger partial charge in [-0.2, -0.15) is 0 Å². The molecule has 0 aliphatic carbocycles. The molecule has 2 aromatic carbocycles. The monoisotopic (exact) mass is 251 g/mol. The first-order valence-electron chi connectivity index (χ1n) is 6.48. The number of carbonyl (C=O) groups is 1. The average molecular weight is 251 g/mol. The van der Waals surface area contributed by atoms with Crippen LogP contribution in [-0.4, -0.2) is 11.5 Å². The first kappa shape index (κ1) is 13.2. The van der Waals surface area contributed by atoms with Crippen LogP contribution < -0.4 is 0 Å². The molecule has 19 heavy (non-hydrogen) atoms. The highest BCUT2D eigenvalue weighted by Crippen LogP contribution is 2.06. The van der Waals surface area contributed by atoms with Gasteiger partial charge in [-0.15, -0.1) is 0 Å². The van der Waals surface area contributed by atoms with Crippen molar-refractivity contribution >= 4 is 11.5 Å². The fraction of sp³-hybridized carbons (Fsp3) is 0.176. The number of aliphatic imine (C=N–C) groups is 1. The molecule has 0 N–H and O–H groups in total. The molecular weight excluding hydrogens is 234 g/mol. The predicted molar refractivity (Wildman–Crippen MR) is 78.6 cm³/mol. The summed E-state index contributed by atoms with van der Waals surface area (Å²) < 4.78 is 0. The second kappa shape index (κ2) is 6.64. The number of hydrogen-bond donors (Lipinski definition) is 0. The van der Waals surface area contributed by atoms with Gasteiger partial charge in [0.05, 0.1) is 12.3 Å². The van der Waals surface area contributed by atoms with Crippen LogP contribution in [0.3, 0.4) is 0 Å². The molecule has 0 aliphatic heterocycles. The zero-order valence-electron chi connectivity index (χ0n) is 11.0. The fourth-order valence-electron chi connectivity index (χ4n) is 1.87. The Morgan fingerprint density at radius 2 is 1.53 bits per heavy atom. The summed E-state index contributed by atoms with van der Waals surface area (Å²) in [6, 6.07) is 19.3. The van der Waals surface area contributed by atoms with Crippen LogP contribution in [0.4, 0.5) is 0 Å². The first-order valence-corrected chi connectivity index (χ1v) is 6.48. The lowest BCUT2D eigenvalue weighted by Gasteiger charge is -2.04. The van der Waals surface area contributed by atoms with Crippen LogP contribution in [0.15, 0.2) is 65.7 Å². The molecule has 2 heteroatoms. The van der Waals surface area contributed by atoms with Crippen molar-refractivity contribution in [2.24, 2.45) is 4.99 Å². The minimum atomic E-state index is 0.0269. The van der Waals surface area contributed by atoms with Crippen molar-refractivity contribution in [2.45, 2.75) is 19.9 Å². The molecule has 0 unspecified atom stereocenters. The summed E-state index contributed by atoms with van der Waals surface area (Å²) in [5.41, 5.74) is 2.46. The smallest absolute Gasteiger partial charge is 0.206 e. The van der Waals surface area contributed by atoms with Crippen LogP contribution in [0.5, 0.6) is 0 Å². The maximum atomic E-state index is 12.3. The van der Waals surface area contributed by atoms with Gasteiger partial charge in [-0.05, 0) is 12.0 Å². The number of Topliss-reactive ketones (excluding diaryl/α,β-unsaturated/α-hetero) is 1. The summed E-state index contributed by atoms with van der Waals surface area (Å²) >= 11 is 0. The molecule has 0 spiro atoms. The topological polar surface area (TPSA) is 29.4 Å². The average Bonchev–Trinajstić information content (AvgIpc) is 2.49. The minimum Gasteiger partial charge on any atom is -0.287 e. The molecular formula is C17H17NO. The Balaban J connectivity index is 2.14. The molecule has 0 atom stereocenters. The summed E-state index contributed by atoms with van der Waals surface area (Å²) in [4.78, 5) is 16.7. The van der Waals surface area contributed by atoms with Crippen molar-refractivity contribution in [1.82, 2.24) is 0 Å². The number of nitrogens with zero attached hydrogens (tertiary/aromatic N) is 1. The second-order valence-electron chi connectivity index (χ2n) is 4.30. The summed E-state index contributed by atoms with van der Waals surface area (Å²) in [6.07, 6.45) is 0.653. The lowest BCUT2D eigenvalue weighted by Crippen LogP contribution is -2.13. The third-order valence-corrected chi connectivity index (χ3v) is 2.93. The number of rotatable bonds is 5. The molecule has 0 radical (unpaired) electrons. The third kappa shape index (κ3) is 3.62. The van der Waals surface area contributed by atoms with Crippen molar-refractivity contribution in [2.75, 3.05) is 0 Å². The normalized spacial score (nSPS) is 11.3. The van der Waals surface area contributed by atoms with E-state index in [4.69, 9.17) is 0 Å². The van der Waals surface area contributed by atoms with Crippen molar-refractivity contribution in [3.63, 3.8) is 0 Å². The molecule has 2 rings (SSSR count). The van der Waals surface area contributed by atoms with E-state index in [1.54, 1.807) is 0 Å². The van der Waals surface area contributed by atoms with Crippen LogP contribution in [0, 0.1) is 0 Å². The van der Waals surface area contributed by atoms with Crippen LogP contribution in [-0.2, 0) is 6.54 Å². The van der Waals surface area contributed by atoms with E-state index in [9.17, 15) is 4.79 Å². The van der Waals surface area contributed by atoms with Crippen LogP contribution >= 0.6 is 0 Å². The van der Waals surface area contributed by atoms with Crippen molar-refractivity contribution in [3.05, 3.63) is 71.8 Å². The Morgan fingerprint density at radius 3 is 2.11 bits per heavy atom. The van der Waals surface area contributed by atoms with Gasteiger partial charge in [-0.1, -0.05) is 67.6 Å². The molecule has 0 amide bonds. The molecule has 0 fully saturated rings. The zero-order valence-corrected chi connectivity index (χ0v) is 11.0. The van der Waals surface area contributed by atoms with Crippen molar-refractivity contribution in [1.29, 1.82) is 0 Å². The van der Waals surface area contributed by atoms with E-state index in [1.807, 2.05) is 67.6 Å². The summed E-state index contributed by atoms with van der Waals surface area (Å²) in [5.74, 6) is 0.0269. The van der Waals surface area contributed by atoms with Gasteiger partial charge < -0.3 is 0 Å². The Hall–Kier alpha value is -2.22. The molecule has 0 saturated carbocycles. The second-order valence-corrected chi connectivity index (χ2v) is 4.30. The van der Waals surface area contributed by atoms with E-state index in [0.29, 0.717) is 24.2 Å². The van der Waals surface area contributed by atoms with E-state index in [-0.39, 0.29) is 5.78 Å². The highest BCUT2D eigenvalue weighted by atomic mass is 16.1. The van der Waals surface area contributed by atoms with E-state index in [1.165, 1.54) is 0 Å². The molecule has 0 aliphatic rings. The fourth-order valence-corrected chi connectivity index (χ4v) is 1.87. The quantitative estimate of drug-likeness (QED) is 0.585. The number of benzene rings is 2. The summed E-state index contributed by atoms with van der Waals surface area (Å²) in [7, 11) is 0. The molecule has 0 bridgehead atoms. The highest BCUT2D eigenvalue weighted by Gasteiger charge is 2.11. The Kier molecular flexibility index (Phi) is 4.62. The predicted octanol–water partition coefficient (Wildman–Crippen LogP) is 3.92. The first-order chi connectivity index (χ1) is 9.31. The number of hydrogen-bond acceptors (Lipinski definition) is 2. The molecule has 0 heterocycles. The van der Waals surface area contributed by atoms with E-state index >= 15 is 0 Å². The maximum Gasteiger partial charge on any atom is 0.206 e. The maximum absolute atomic E-state index is 12.3. The lowest BCUT2D eigenvalue weighted by molar-refractivity contribution is 0.106. The van der Waals surface area contributed by atoms with E-state index in [0.717, 1.165) is 5.56 Å².